The summed E-state index contributed by atoms with van der Waals surface area (Å²) in [6, 6.07) is 22.8. The van der Waals surface area contributed by atoms with Gasteiger partial charge in [0, 0.05) is 23.7 Å². The summed E-state index contributed by atoms with van der Waals surface area (Å²) < 4.78 is 39.4. The zero-order valence-electron chi connectivity index (χ0n) is 23.2. The molecule has 4 aromatic rings. The minimum absolute atomic E-state index is 0.116. The van der Waals surface area contributed by atoms with Gasteiger partial charge in [-0.2, -0.15) is 0 Å². The number of para-hydroxylation sites is 1. The summed E-state index contributed by atoms with van der Waals surface area (Å²) in [4.78, 5) is 12.0. The molecule has 5 rings (SSSR count). The molecule has 1 aliphatic rings. The zero-order valence-corrected chi connectivity index (χ0v) is 24.1. The van der Waals surface area contributed by atoms with Crippen molar-refractivity contribution in [3.05, 3.63) is 119 Å². The van der Waals surface area contributed by atoms with Crippen molar-refractivity contribution in [2.45, 2.75) is 44.6 Å². The van der Waals surface area contributed by atoms with Crippen molar-refractivity contribution in [2.75, 3.05) is 6.61 Å². The minimum atomic E-state index is -3.80. The average molecular weight is 571 g/mol. The second kappa shape index (κ2) is 11.8. The summed E-state index contributed by atoms with van der Waals surface area (Å²) in [5.41, 5.74) is 11.0. The Morgan fingerprint density at radius 3 is 2.61 bits per heavy atom. The van der Waals surface area contributed by atoms with E-state index in [0.29, 0.717) is 30.8 Å². The van der Waals surface area contributed by atoms with Crippen LogP contribution in [-0.2, 0) is 39.1 Å². The largest absolute Gasteiger partial charge is 0.489 e. The van der Waals surface area contributed by atoms with E-state index in [2.05, 4.69) is 0 Å². The van der Waals surface area contributed by atoms with Crippen LogP contribution in [0.2, 0.25) is 0 Å². The van der Waals surface area contributed by atoms with Crippen molar-refractivity contribution < 1.29 is 22.7 Å². The lowest BCUT2D eigenvalue weighted by Crippen LogP contribution is -2.38. The maximum absolute atomic E-state index is 14.0. The van der Waals surface area contributed by atoms with Crippen molar-refractivity contribution in [1.29, 1.82) is 0 Å². The number of nitrogens with zero attached hydrogens (tertiary/aromatic N) is 1. The van der Waals surface area contributed by atoms with Crippen LogP contribution in [0.3, 0.4) is 0 Å². The molecule has 1 aromatic heterocycles. The second-order valence-electron chi connectivity index (χ2n) is 10.3. The maximum atomic E-state index is 14.0. The van der Waals surface area contributed by atoms with Crippen LogP contribution < -0.4 is 10.5 Å². The van der Waals surface area contributed by atoms with Crippen LogP contribution in [0.1, 0.15) is 42.5 Å². The van der Waals surface area contributed by atoms with Gasteiger partial charge in [0.2, 0.25) is 10.0 Å². The van der Waals surface area contributed by atoms with Crippen molar-refractivity contribution in [1.82, 2.24) is 3.97 Å². The highest BCUT2D eigenvalue weighted by atomic mass is 32.2. The number of rotatable bonds is 10. The average Bonchev–Trinajstić information content (AvgIpc) is 3.41. The van der Waals surface area contributed by atoms with Crippen molar-refractivity contribution in [3.8, 4) is 5.75 Å². The maximum Gasteiger partial charge on any atom is 0.310 e. The molecule has 0 radical (unpaired) electrons. The fourth-order valence-electron chi connectivity index (χ4n) is 4.99. The lowest BCUT2D eigenvalue weighted by atomic mass is 9.93. The van der Waals surface area contributed by atoms with Crippen LogP contribution in [0.5, 0.6) is 5.75 Å². The standard InChI is InChI=1S/C33H34N2O5S/c1-3-39-32(36)21-29-8-4-5-10-31(29)40-23-25-11-12-27-15-18-35(30(27)20-25)41(37,38)33(2)16-13-26(14-17-33)28-9-6-7-24(19-28)22-34/h4-16,18-20H,3,17,21-23,34H2,1-2H3. The van der Waals surface area contributed by atoms with Gasteiger partial charge in [-0.25, -0.2) is 12.4 Å². The molecule has 1 heterocycles. The van der Waals surface area contributed by atoms with Gasteiger partial charge in [-0.1, -0.05) is 66.8 Å². The molecular weight excluding hydrogens is 536 g/mol. The van der Waals surface area contributed by atoms with Gasteiger partial charge in [0.1, 0.15) is 17.1 Å². The fraction of sp³-hybridized carbons (Fsp3) is 0.242. The van der Waals surface area contributed by atoms with E-state index in [1.54, 1.807) is 26.1 Å². The Hall–Kier alpha value is -4.14. The Kier molecular flexibility index (Phi) is 8.15. The molecule has 0 amide bonds. The van der Waals surface area contributed by atoms with Gasteiger partial charge in [0.05, 0.1) is 18.5 Å². The first-order chi connectivity index (χ1) is 19.7. The van der Waals surface area contributed by atoms with Gasteiger partial charge >= 0.3 is 5.97 Å². The highest BCUT2D eigenvalue weighted by Gasteiger charge is 2.39. The third kappa shape index (κ3) is 5.85. The summed E-state index contributed by atoms with van der Waals surface area (Å²) in [5, 5.41) is 0.818. The molecule has 0 bridgehead atoms. The summed E-state index contributed by atoms with van der Waals surface area (Å²) in [6.07, 6.45) is 7.72. The SMILES string of the molecule is CCOC(=O)Cc1ccccc1OCc1ccc2ccn(S(=O)(=O)C3(C)C=CC(c4cccc(CN)c4)=CC3)c2c1. The fourth-order valence-corrected chi connectivity index (χ4v) is 6.61. The van der Waals surface area contributed by atoms with Gasteiger partial charge in [-0.15, -0.1) is 0 Å². The predicted octanol–water partition coefficient (Wildman–Crippen LogP) is 5.76. The van der Waals surface area contributed by atoms with Crippen LogP contribution in [0.25, 0.3) is 16.5 Å². The Morgan fingerprint density at radius 2 is 1.85 bits per heavy atom. The summed E-state index contributed by atoms with van der Waals surface area (Å²) in [7, 11) is -3.80. The molecule has 0 aliphatic heterocycles. The number of hydrogen-bond donors (Lipinski definition) is 1. The number of nitrogens with two attached hydrogens (primary N) is 1. The number of hydrogen-bond acceptors (Lipinski definition) is 6. The first kappa shape index (κ1) is 28.4. The number of esters is 1. The van der Waals surface area contributed by atoms with Crippen LogP contribution in [0.4, 0.5) is 0 Å². The summed E-state index contributed by atoms with van der Waals surface area (Å²) in [5.74, 6) is 0.271. The quantitative estimate of drug-likeness (QED) is 0.243. The zero-order chi connectivity index (χ0) is 29.0. The van der Waals surface area contributed by atoms with E-state index in [-0.39, 0.29) is 19.0 Å². The van der Waals surface area contributed by atoms with E-state index in [1.165, 1.54) is 3.97 Å². The first-order valence-electron chi connectivity index (χ1n) is 13.6. The van der Waals surface area contributed by atoms with Crippen molar-refractivity contribution in [3.63, 3.8) is 0 Å². The van der Waals surface area contributed by atoms with Gasteiger partial charge in [-0.3, -0.25) is 4.79 Å². The monoisotopic (exact) mass is 570 g/mol. The van der Waals surface area contributed by atoms with E-state index < -0.39 is 14.8 Å². The van der Waals surface area contributed by atoms with Crippen molar-refractivity contribution in [2.24, 2.45) is 5.73 Å². The Bertz CT molecular complexity index is 1750. The van der Waals surface area contributed by atoms with E-state index >= 15 is 0 Å². The minimum Gasteiger partial charge on any atom is -0.489 e. The molecule has 41 heavy (non-hydrogen) atoms. The van der Waals surface area contributed by atoms with Crippen LogP contribution >= 0.6 is 0 Å². The highest BCUT2D eigenvalue weighted by molar-refractivity contribution is 7.91. The third-order valence-electron chi connectivity index (χ3n) is 7.42. The third-order valence-corrected chi connectivity index (χ3v) is 9.73. The molecule has 1 aliphatic carbocycles. The molecule has 212 valence electrons. The summed E-state index contributed by atoms with van der Waals surface area (Å²) >= 11 is 0. The molecule has 0 saturated heterocycles. The predicted molar refractivity (Wildman–Crippen MR) is 162 cm³/mol. The van der Waals surface area contributed by atoms with E-state index in [1.807, 2.05) is 84.9 Å². The van der Waals surface area contributed by atoms with Crippen LogP contribution in [0, 0.1) is 0 Å². The van der Waals surface area contributed by atoms with Gasteiger partial charge in [0.25, 0.3) is 0 Å². The first-order valence-corrected chi connectivity index (χ1v) is 15.1. The number of ether oxygens (including phenoxy) is 2. The lowest BCUT2D eigenvalue weighted by Gasteiger charge is -2.29. The van der Waals surface area contributed by atoms with E-state index in [9.17, 15) is 13.2 Å². The van der Waals surface area contributed by atoms with Crippen LogP contribution in [-0.4, -0.2) is 29.7 Å². The number of allylic oxidation sites excluding steroid dienone is 3. The Balaban J connectivity index is 1.37. The van der Waals surface area contributed by atoms with Gasteiger partial charge in [0.15, 0.2) is 0 Å². The molecule has 2 N–H and O–H groups in total. The molecular formula is C33H34N2O5S. The molecule has 8 heteroatoms. The van der Waals surface area contributed by atoms with E-state index in [0.717, 1.165) is 33.2 Å². The number of aromatic nitrogens is 1. The number of carbonyl (C=O) groups is 1. The van der Waals surface area contributed by atoms with Gasteiger partial charge < -0.3 is 15.2 Å². The highest BCUT2D eigenvalue weighted by Crippen LogP contribution is 2.35. The number of carbonyl (C=O) groups excluding carboxylic acids is 1. The van der Waals surface area contributed by atoms with Gasteiger partial charge in [-0.05, 0) is 66.8 Å². The molecule has 1 unspecified atom stereocenters. The molecule has 1 atom stereocenters. The Morgan fingerprint density at radius 1 is 1.02 bits per heavy atom. The molecule has 7 nitrogen and oxygen atoms in total. The van der Waals surface area contributed by atoms with E-state index in [4.69, 9.17) is 15.2 Å². The molecule has 0 fully saturated rings. The number of fused-ring (bicyclic) bond motifs is 1. The molecule has 3 aromatic carbocycles. The lowest BCUT2D eigenvalue weighted by molar-refractivity contribution is -0.142. The molecule has 0 saturated carbocycles. The van der Waals surface area contributed by atoms with Crippen LogP contribution in [0.15, 0.2) is 97.2 Å². The Labute approximate surface area is 240 Å². The van der Waals surface area contributed by atoms with Crippen molar-refractivity contribution >= 4 is 32.5 Å². The summed E-state index contributed by atoms with van der Waals surface area (Å²) in [6.45, 7) is 4.51. The second-order valence-corrected chi connectivity index (χ2v) is 12.6. The molecule has 0 spiro atoms. The normalized spacial score (nSPS) is 16.9. The number of benzene rings is 3. The topological polar surface area (TPSA) is 101 Å². The smallest absolute Gasteiger partial charge is 0.310 e.